The second-order valence-electron chi connectivity index (χ2n) is 3.38. The van der Waals surface area contributed by atoms with E-state index in [1.165, 1.54) is 0 Å². The van der Waals surface area contributed by atoms with Crippen LogP contribution in [0.1, 0.15) is 0 Å². The lowest BCUT2D eigenvalue weighted by Gasteiger charge is -2.28. The van der Waals surface area contributed by atoms with Crippen molar-refractivity contribution in [1.29, 1.82) is 0 Å². The van der Waals surface area contributed by atoms with Gasteiger partial charge in [0.25, 0.3) is 0 Å². The van der Waals surface area contributed by atoms with Gasteiger partial charge in [0.05, 0.1) is 12.6 Å². The first kappa shape index (κ1) is 9.79. The smallest absolute Gasteiger partial charge is 0.241 e. The number of hydrogen-bond donors (Lipinski definition) is 2. The molecule has 1 atom stereocenters. The zero-order valence-corrected chi connectivity index (χ0v) is 8.60. The maximum absolute atomic E-state index is 11.8. The van der Waals surface area contributed by atoms with Crippen LogP contribution in [0.25, 0.3) is 0 Å². The highest BCUT2D eigenvalue weighted by Crippen LogP contribution is 2.12. The molecule has 14 heavy (non-hydrogen) atoms. The van der Waals surface area contributed by atoms with Gasteiger partial charge in [0.2, 0.25) is 11.8 Å². The molecule has 78 valence electrons. The maximum atomic E-state index is 11.8. The normalized spacial score (nSPS) is 27.6. The number of nitrogens with zero attached hydrogens (tertiary/aromatic N) is 1. The average molecular weight is 215 g/mol. The highest BCUT2D eigenvalue weighted by atomic mass is 32.2. The Morgan fingerprint density at radius 2 is 2.43 bits per heavy atom. The van der Waals surface area contributed by atoms with Gasteiger partial charge in [-0.2, -0.15) is 0 Å². The minimum absolute atomic E-state index is 0.0600. The molecule has 2 aliphatic heterocycles. The highest BCUT2D eigenvalue weighted by molar-refractivity contribution is 7.99. The summed E-state index contributed by atoms with van der Waals surface area (Å²) in [5.74, 6) is 1.65. The van der Waals surface area contributed by atoms with Crippen LogP contribution in [0.4, 0.5) is 0 Å². The van der Waals surface area contributed by atoms with E-state index in [1.807, 2.05) is 0 Å². The third-order valence-electron chi connectivity index (χ3n) is 2.36. The number of nitrogens with one attached hydrogen (secondary N) is 2. The first-order chi connectivity index (χ1) is 6.77. The third kappa shape index (κ3) is 2.01. The van der Waals surface area contributed by atoms with Gasteiger partial charge in [-0.1, -0.05) is 0 Å². The van der Waals surface area contributed by atoms with Crippen molar-refractivity contribution in [2.45, 2.75) is 6.04 Å². The molecule has 0 aliphatic carbocycles. The van der Waals surface area contributed by atoms with E-state index in [0.29, 0.717) is 13.1 Å². The van der Waals surface area contributed by atoms with Crippen molar-refractivity contribution >= 4 is 23.6 Å². The molecule has 5 nitrogen and oxygen atoms in total. The summed E-state index contributed by atoms with van der Waals surface area (Å²) in [5, 5.41) is 5.81. The average Bonchev–Trinajstić information content (AvgIpc) is 2.69. The molecule has 2 fully saturated rings. The van der Waals surface area contributed by atoms with Gasteiger partial charge in [-0.3, -0.25) is 14.9 Å². The number of carbonyl (C=O) groups excluding carboxylic acids is 2. The van der Waals surface area contributed by atoms with E-state index < -0.39 is 0 Å². The summed E-state index contributed by atoms with van der Waals surface area (Å²) in [7, 11) is 0. The Labute approximate surface area is 86.6 Å². The number of thioether (sulfide) groups is 1. The Morgan fingerprint density at radius 1 is 1.57 bits per heavy atom. The molecule has 2 aliphatic rings. The minimum Gasteiger partial charge on any atom is -0.353 e. The van der Waals surface area contributed by atoms with Crippen LogP contribution >= 0.6 is 11.8 Å². The summed E-state index contributed by atoms with van der Waals surface area (Å²) in [6.45, 7) is 1.42. The second-order valence-corrected chi connectivity index (χ2v) is 4.41. The molecule has 2 amide bonds. The largest absolute Gasteiger partial charge is 0.353 e. The lowest BCUT2D eigenvalue weighted by atomic mass is 10.2. The predicted molar refractivity (Wildman–Crippen MR) is 53.8 cm³/mol. The van der Waals surface area contributed by atoms with Crippen LogP contribution < -0.4 is 10.6 Å². The Hall–Kier alpha value is -0.750. The Bertz CT molecular complexity index is 253. The van der Waals surface area contributed by atoms with Gasteiger partial charge in [0, 0.05) is 24.7 Å². The van der Waals surface area contributed by atoms with Crippen LogP contribution in [0.2, 0.25) is 0 Å². The fourth-order valence-electron chi connectivity index (χ4n) is 1.60. The fourth-order valence-corrected chi connectivity index (χ4v) is 2.53. The highest BCUT2D eigenvalue weighted by Gasteiger charge is 2.29. The van der Waals surface area contributed by atoms with Crippen molar-refractivity contribution in [2.24, 2.45) is 0 Å². The Morgan fingerprint density at radius 3 is 3.07 bits per heavy atom. The zero-order valence-electron chi connectivity index (χ0n) is 7.78. The van der Waals surface area contributed by atoms with E-state index in [1.54, 1.807) is 16.7 Å². The number of rotatable bonds is 1. The van der Waals surface area contributed by atoms with Crippen molar-refractivity contribution < 1.29 is 9.59 Å². The van der Waals surface area contributed by atoms with E-state index in [2.05, 4.69) is 10.6 Å². The summed E-state index contributed by atoms with van der Waals surface area (Å²) in [6.07, 6.45) is 0. The van der Waals surface area contributed by atoms with Crippen molar-refractivity contribution in [3.8, 4) is 0 Å². The molecule has 2 heterocycles. The molecule has 2 rings (SSSR count). The van der Waals surface area contributed by atoms with Crippen molar-refractivity contribution in [2.75, 3.05) is 31.3 Å². The van der Waals surface area contributed by atoms with E-state index in [4.69, 9.17) is 0 Å². The molecule has 6 heteroatoms. The second kappa shape index (κ2) is 4.18. The van der Waals surface area contributed by atoms with Gasteiger partial charge >= 0.3 is 0 Å². The standard InChI is InChI=1S/C8H13N3O2S/c12-7-3-11(2-1-9-7)8(13)6-4-14-5-10-6/h6,10H,1-5H2,(H,9,12)/t6-/m1/s1. The molecule has 0 aromatic rings. The van der Waals surface area contributed by atoms with Gasteiger partial charge in [-0.15, -0.1) is 11.8 Å². The van der Waals surface area contributed by atoms with Crippen LogP contribution in [0.3, 0.4) is 0 Å². The number of carbonyl (C=O) groups is 2. The molecule has 0 spiro atoms. The first-order valence-corrected chi connectivity index (χ1v) is 5.79. The van der Waals surface area contributed by atoms with E-state index in [-0.39, 0.29) is 24.4 Å². The molecule has 0 bridgehead atoms. The molecular weight excluding hydrogens is 202 g/mol. The van der Waals surface area contributed by atoms with Crippen LogP contribution in [0.15, 0.2) is 0 Å². The zero-order chi connectivity index (χ0) is 9.97. The quantitative estimate of drug-likeness (QED) is 0.565. The minimum atomic E-state index is -0.0918. The monoisotopic (exact) mass is 215 g/mol. The topological polar surface area (TPSA) is 61.4 Å². The summed E-state index contributed by atoms with van der Waals surface area (Å²) in [5.41, 5.74) is 0. The van der Waals surface area contributed by atoms with E-state index in [9.17, 15) is 9.59 Å². The van der Waals surface area contributed by atoms with Gasteiger partial charge in [-0.25, -0.2) is 0 Å². The molecule has 0 radical (unpaired) electrons. The first-order valence-electron chi connectivity index (χ1n) is 4.64. The summed E-state index contributed by atoms with van der Waals surface area (Å²) >= 11 is 1.72. The third-order valence-corrected chi connectivity index (χ3v) is 3.30. The maximum Gasteiger partial charge on any atom is 0.241 e. The van der Waals surface area contributed by atoms with Crippen LogP contribution in [-0.2, 0) is 9.59 Å². The summed E-state index contributed by atoms with van der Waals surface area (Å²) in [4.78, 5) is 24.5. The SMILES string of the molecule is O=C1CN(C(=O)[C@H]2CSCN2)CCN1. The van der Waals surface area contributed by atoms with Crippen molar-refractivity contribution in [3.63, 3.8) is 0 Å². The Kier molecular flexibility index (Phi) is 2.93. The number of hydrogen-bond acceptors (Lipinski definition) is 4. The molecule has 0 unspecified atom stereocenters. The molecular formula is C8H13N3O2S. The van der Waals surface area contributed by atoms with Gasteiger partial charge in [0.15, 0.2) is 0 Å². The Balaban J connectivity index is 1.92. The summed E-state index contributed by atoms with van der Waals surface area (Å²) < 4.78 is 0. The summed E-state index contributed by atoms with van der Waals surface area (Å²) in [6, 6.07) is -0.0918. The van der Waals surface area contributed by atoms with Crippen molar-refractivity contribution in [3.05, 3.63) is 0 Å². The van der Waals surface area contributed by atoms with Crippen molar-refractivity contribution in [1.82, 2.24) is 15.5 Å². The number of amides is 2. The van der Waals surface area contributed by atoms with Gasteiger partial charge in [0.1, 0.15) is 0 Å². The number of piperazine rings is 1. The van der Waals surface area contributed by atoms with Crippen LogP contribution in [0, 0.1) is 0 Å². The van der Waals surface area contributed by atoms with Crippen LogP contribution in [-0.4, -0.2) is 54.0 Å². The van der Waals surface area contributed by atoms with Gasteiger partial charge in [-0.05, 0) is 0 Å². The fraction of sp³-hybridized carbons (Fsp3) is 0.750. The van der Waals surface area contributed by atoms with Crippen LogP contribution in [0.5, 0.6) is 0 Å². The lowest BCUT2D eigenvalue weighted by Crippen LogP contribution is -2.54. The van der Waals surface area contributed by atoms with E-state index in [0.717, 1.165) is 11.6 Å². The van der Waals surface area contributed by atoms with E-state index >= 15 is 0 Å². The molecule has 2 saturated heterocycles. The lowest BCUT2D eigenvalue weighted by molar-refractivity contribution is -0.139. The molecule has 0 saturated carbocycles. The molecule has 0 aromatic heterocycles. The molecule has 2 N–H and O–H groups in total. The predicted octanol–water partition coefficient (Wildman–Crippen LogP) is -1.39. The molecule has 0 aromatic carbocycles. The van der Waals surface area contributed by atoms with Gasteiger partial charge < -0.3 is 10.2 Å².